The molecule has 1 atom stereocenters. The van der Waals surface area contributed by atoms with Gasteiger partial charge in [0.1, 0.15) is 5.82 Å². The molecule has 9 heteroatoms. The molecule has 4 rings (SSSR count). The van der Waals surface area contributed by atoms with Gasteiger partial charge in [-0.1, -0.05) is 0 Å². The molecule has 2 aliphatic rings. The van der Waals surface area contributed by atoms with Crippen LogP contribution >= 0.6 is 0 Å². The van der Waals surface area contributed by atoms with Gasteiger partial charge < -0.3 is 19.4 Å². The summed E-state index contributed by atoms with van der Waals surface area (Å²) in [6.07, 6.45) is 3.39. The van der Waals surface area contributed by atoms with E-state index >= 15 is 0 Å². The fourth-order valence-electron chi connectivity index (χ4n) is 3.86. The van der Waals surface area contributed by atoms with Crippen LogP contribution in [0.4, 0.5) is 0 Å². The molecule has 4 heterocycles. The van der Waals surface area contributed by atoms with Gasteiger partial charge in [-0.2, -0.15) is 0 Å². The maximum absolute atomic E-state index is 12.6. The summed E-state index contributed by atoms with van der Waals surface area (Å²) in [6, 6.07) is 2.88. The predicted octanol–water partition coefficient (Wildman–Crippen LogP) is 0.348. The molecule has 0 aromatic carbocycles. The topological polar surface area (TPSA) is 104 Å². The van der Waals surface area contributed by atoms with E-state index < -0.39 is 0 Å². The molecule has 2 amide bonds. The number of carbonyl (C=O) groups excluding carboxylic acids is 2. The highest BCUT2D eigenvalue weighted by atomic mass is 16.2. The normalized spacial score (nSPS) is 19.7. The summed E-state index contributed by atoms with van der Waals surface area (Å²) in [4.78, 5) is 41.6. The lowest BCUT2D eigenvalue weighted by molar-refractivity contribution is -0.130. The van der Waals surface area contributed by atoms with Gasteiger partial charge in [-0.15, -0.1) is 10.2 Å². The van der Waals surface area contributed by atoms with E-state index in [-0.39, 0.29) is 23.3 Å². The molecule has 0 aliphatic carbocycles. The number of H-pyrrole nitrogens is 1. The number of aromatic amines is 1. The molecular weight excluding hydrogens is 348 g/mol. The standard InChI is InChI=1S/C18H22N6O3/c1-12(25)22-6-2-3-14(10-22)17-21-20-15-11-23(7-8-24(15)17)18(27)13-4-5-16(26)19-9-13/h4-5,9,14H,2-3,6-8,10-11H2,1H3,(H,19,26). The quantitative estimate of drug-likeness (QED) is 0.821. The highest BCUT2D eigenvalue weighted by Crippen LogP contribution is 2.27. The third kappa shape index (κ3) is 3.36. The van der Waals surface area contributed by atoms with Crippen LogP contribution < -0.4 is 5.56 Å². The second-order valence-corrected chi connectivity index (χ2v) is 7.10. The maximum atomic E-state index is 12.6. The van der Waals surface area contributed by atoms with Crippen molar-refractivity contribution >= 4 is 11.8 Å². The number of likely N-dealkylation sites (tertiary alicyclic amines) is 1. The molecule has 9 nitrogen and oxygen atoms in total. The van der Waals surface area contributed by atoms with Crippen molar-refractivity contribution < 1.29 is 9.59 Å². The fraction of sp³-hybridized carbons (Fsp3) is 0.500. The van der Waals surface area contributed by atoms with Crippen molar-refractivity contribution in [3.63, 3.8) is 0 Å². The molecule has 2 aliphatic heterocycles. The number of amides is 2. The van der Waals surface area contributed by atoms with E-state index in [1.54, 1.807) is 11.8 Å². The molecule has 0 bridgehead atoms. The van der Waals surface area contributed by atoms with Crippen molar-refractivity contribution in [1.82, 2.24) is 29.5 Å². The molecule has 1 unspecified atom stereocenters. The summed E-state index contributed by atoms with van der Waals surface area (Å²) in [6.45, 7) is 4.64. The Morgan fingerprint density at radius 2 is 2.00 bits per heavy atom. The first-order valence-electron chi connectivity index (χ1n) is 9.18. The molecule has 0 spiro atoms. The second-order valence-electron chi connectivity index (χ2n) is 7.10. The third-order valence-electron chi connectivity index (χ3n) is 5.33. The van der Waals surface area contributed by atoms with Gasteiger partial charge in [0.15, 0.2) is 5.82 Å². The molecule has 2 aromatic rings. The zero-order valence-electron chi connectivity index (χ0n) is 15.2. The predicted molar refractivity (Wildman–Crippen MR) is 96.1 cm³/mol. The van der Waals surface area contributed by atoms with E-state index in [2.05, 4.69) is 19.7 Å². The summed E-state index contributed by atoms with van der Waals surface area (Å²) < 4.78 is 2.09. The maximum Gasteiger partial charge on any atom is 0.255 e. The van der Waals surface area contributed by atoms with Crippen LogP contribution in [0.5, 0.6) is 0 Å². The number of aromatic nitrogens is 4. The van der Waals surface area contributed by atoms with Crippen molar-refractivity contribution in [2.75, 3.05) is 19.6 Å². The van der Waals surface area contributed by atoms with Gasteiger partial charge in [-0.25, -0.2) is 0 Å². The minimum absolute atomic E-state index is 0.0933. The molecule has 0 saturated carbocycles. The van der Waals surface area contributed by atoms with E-state index in [1.807, 2.05) is 4.90 Å². The molecule has 2 aromatic heterocycles. The SMILES string of the molecule is CC(=O)N1CCCC(c2nnc3n2CCN(C(=O)c2ccc(=O)[nH]c2)C3)C1. The number of nitrogens with one attached hydrogen (secondary N) is 1. The molecule has 27 heavy (non-hydrogen) atoms. The van der Waals surface area contributed by atoms with Gasteiger partial charge in [-0.3, -0.25) is 14.4 Å². The Labute approximate surface area is 156 Å². The second kappa shape index (κ2) is 6.98. The largest absolute Gasteiger partial charge is 0.342 e. The van der Waals surface area contributed by atoms with Gasteiger partial charge in [0.25, 0.3) is 5.91 Å². The third-order valence-corrected chi connectivity index (χ3v) is 5.33. The molecule has 1 N–H and O–H groups in total. The first-order valence-corrected chi connectivity index (χ1v) is 9.18. The Bertz CT molecular complexity index is 913. The molecule has 1 saturated heterocycles. The summed E-state index contributed by atoms with van der Waals surface area (Å²) in [5.41, 5.74) is 0.217. The van der Waals surface area contributed by atoms with E-state index in [0.717, 1.165) is 31.0 Å². The molecule has 0 radical (unpaired) electrons. The van der Waals surface area contributed by atoms with Gasteiger partial charge in [0, 0.05) is 51.3 Å². The number of carbonyl (C=O) groups is 2. The lowest BCUT2D eigenvalue weighted by Crippen LogP contribution is -2.41. The number of hydrogen-bond acceptors (Lipinski definition) is 5. The van der Waals surface area contributed by atoms with Crippen molar-refractivity contribution in [2.45, 2.75) is 38.8 Å². The number of rotatable bonds is 2. The number of pyridine rings is 1. The van der Waals surface area contributed by atoms with Crippen molar-refractivity contribution in [1.29, 1.82) is 0 Å². The Morgan fingerprint density at radius 1 is 1.15 bits per heavy atom. The summed E-state index contributed by atoms with van der Waals surface area (Å²) in [5.74, 6) is 1.81. The van der Waals surface area contributed by atoms with Gasteiger partial charge >= 0.3 is 0 Å². The summed E-state index contributed by atoms with van der Waals surface area (Å²) >= 11 is 0. The summed E-state index contributed by atoms with van der Waals surface area (Å²) in [7, 11) is 0. The average Bonchev–Trinajstić information content (AvgIpc) is 3.11. The van der Waals surface area contributed by atoms with Crippen molar-refractivity contribution in [2.24, 2.45) is 0 Å². The fourth-order valence-corrected chi connectivity index (χ4v) is 3.86. The Hall–Kier alpha value is -2.97. The van der Waals surface area contributed by atoms with Crippen molar-refractivity contribution in [3.05, 3.63) is 45.9 Å². The Morgan fingerprint density at radius 3 is 2.74 bits per heavy atom. The van der Waals surface area contributed by atoms with Crippen LogP contribution in [-0.2, 0) is 17.9 Å². The van der Waals surface area contributed by atoms with Crippen molar-refractivity contribution in [3.8, 4) is 0 Å². The number of fused-ring (bicyclic) bond motifs is 1. The first-order chi connectivity index (χ1) is 13.0. The minimum Gasteiger partial charge on any atom is -0.342 e. The number of piperidine rings is 1. The van der Waals surface area contributed by atoms with Crippen LogP contribution in [0.2, 0.25) is 0 Å². The highest BCUT2D eigenvalue weighted by molar-refractivity contribution is 5.93. The molecule has 1 fully saturated rings. The zero-order valence-corrected chi connectivity index (χ0v) is 15.2. The zero-order chi connectivity index (χ0) is 19.0. The van der Waals surface area contributed by atoms with Gasteiger partial charge in [-0.05, 0) is 18.9 Å². The number of hydrogen-bond donors (Lipinski definition) is 1. The first kappa shape index (κ1) is 17.4. The van der Waals surface area contributed by atoms with E-state index in [0.29, 0.717) is 31.7 Å². The Balaban J connectivity index is 1.50. The summed E-state index contributed by atoms with van der Waals surface area (Å²) in [5, 5.41) is 8.68. The van der Waals surface area contributed by atoms with Crippen LogP contribution in [0, 0.1) is 0 Å². The minimum atomic E-state index is -0.235. The van der Waals surface area contributed by atoms with Crippen LogP contribution in [0.1, 0.15) is 47.7 Å². The van der Waals surface area contributed by atoms with Crippen LogP contribution in [0.25, 0.3) is 0 Å². The van der Waals surface area contributed by atoms with E-state index in [9.17, 15) is 14.4 Å². The van der Waals surface area contributed by atoms with Crippen LogP contribution in [-0.4, -0.2) is 61.0 Å². The lowest BCUT2D eigenvalue weighted by Gasteiger charge is -2.33. The number of nitrogens with zero attached hydrogens (tertiary/aromatic N) is 5. The Kier molecular flexibility index (Phi) is 4.51. The lowest BCUT2D eigenvalue weighted by atomic mass is 9.97. The molecular formula is C18H22N6O3. The monoisotopic (exact) mass is 370 g/mol. The van der Waals surface area contributed by atoms with Crippen LogP contribution in [0.15, 0.2) is 23.1 Å². The van der Waals surface area contributed by atoms with Gasteiger partial charge in [0.05, 0.1) is 12.1 Å². The smallest absolute Gasteiger partial charge is 0.255 e. The molecule has 142 valence electrons. The average molecular weight is 370 g/mol. The van der Waals surface area contributed by atoms with Crippen LogP contribution in [0.3, 0.4) is 0 Å². The van der Waals surface area contributed by atoms with E-state index in [4.69, 9.17) is 0 Å². The van der Waals surface area contributed by atoms with E-state index in [1.165, 1.54) is 18.3 Å². The highest BCUT2D eigenvalue weighted by Gasteiger charge is 2.31. The van der Waals surface area contributed by atoms with Gasteiger partial charge in [0.2, 0.25) is 11.5 Å².